The van der Waals surface area contributed by atoms with Crippen molar-refractivity contribution in [3.8, 4) is 0 Å². The lowest BCUT2D eigenvalue weighted by Gasteiger charge is -2.38. The lowest BCUT2D eigenvalue weighted by atomic mass is 10.0. The molecule has 1 aliphatic rings. The topological polar surface area (TPSA) is 82.0 Å². The number of hydrogen-bond donors (Lipinski definition) is 1. The lowest BCUT2D eigenvalue weighted by molar-refractivity contribution is -0.385. The first-order valence-electron chi connectivity index (χ1n) is 10.5. The molecule has 0 radical (unpaired) electrons. The van der Waals surface area contributed by atoms with Crippen LogP contribution in [-0.2, 0) is 0 Å². The van der Waals surface area contributed by atoms with Gasteiger partial charge in [0, 0.05) is 69.7 Å². The number of amides is 1. The van der Waals surface area contributed by atoms with Gasteiger partial charge in [0.1, 0.15) is 0 Å². The van der Waals surface area contributed by atoms with Crippen LogP contribution in [0.15, 0.2) is 42.5 Å². The van der Waals surface area contributed by atoms with E-state index in [9.17, 15) is 14.9 Å². The highest BCUT2D eigenvalue weighted by molar-refractivity contribution is 5.96. The number of rotatable bonds is 7. The summed E-state index contributed by atoms with van der Waals surface area (Å²) in [5.74, 6) is -0.287. The molecule has 0 saturated carbocycles. The third kappa shape index (κ3) is 5.39. The Hall–Kier alpha value is -2.97. The molecule has 1 atom stereocenters. The van der Waals surface area contributed by atoms with Crippen molar-refractivity contribution in [1.29, 1.82) is 0 Å². The van der Waals surface area contributed by atoms with E-state index in [1.165, 1.54) is 6.07 Å². The molecule has 0 aromatic heterocycles. The van der Waals surface area contributed by atoms with Gasteiger partial charge in [0.25, 0.3) is 11.6 Å². The minimum absolute atomic E-state index is 0.0351. The molecule has 8 heteroatoms. The monoisotopic (exact) mass is 425 g/mol. The fourth-order valence-electron chi connectivity index (χ4n) is 3.94. The summed E-state index contributed by atoms with van der Waals surface area (Å²) >= 11 is 0. The number of benzene rings is 2. The number of nitrogens with one attached hydrogen (secondary N) is 1. The summed E-state index contributed by atoms with van der Waals surface area (Å²) in [4.78, 5) is 30.4. The molecule has 1 fully saturated rings. The van der Waals surface area contributed by atoms with Crippen molar-refractivity contribution in [2.24, 2.45) is 0 Å². The van der Waals surface area contributed by atoms with Gasteiger partial charge in [0.2, 0.25) is 0 Å². The molecule has 1 amide bonds. The summed E-state index contributed by atoms with van der Waals surface area (Å²) in [6, 6.07) is 13.0. The number of hydrogen-bond acceptors (Lipinski definition) is 6. The van der Waals surface area contributed by atoms with Crippen LogP contribution in [0.25, 0.3) is 0 Å². The normalized spacial score (nSPS) is 16.0. The maximum atomic E-state index is 12.9. The standard InChI is InChI=1S/C23H31N5O3/c1-17-20(6-5-7-21(17)28(30)31)23(29)24-16-22(27-14-12-26(4)13-15-27)18-8-10-19(11-9-18)25(2)3/h5-11,22H,12-16H2,1-4H3,(H,24,29)/t22-/m0/s1. The Morgan fingerprint density at radius 3 is 2.35 bits per heavy atom. The first-order chi connectivity index (χ1) is 14.8. The molecular formula is C23H31N5O3. The fourth-order valence-corrected chi connectivity index (χ4v) is 3.94. The number of nitro benzene ring substituents is 1. The van der Waals surface area contributed by atoms with Crippen molar-refractivity contribution in [1.82, 2.24) is 15.1 Å². The van der Waals surface area contributed by atoms with Crippen LogP contribution >= 0.6 is 0 Å². The maximum absolute atomic E-state index is 12.9. The van der Waals surface area contributed by atoms with Crippen molar-refractivity contribution in [2.75, 3.05) is 58.8 Å². The third-order valence-corrected chi connectivity index (χ3v) is 5.98. The number of nitro groups is 1. The van der Waals surface area contributed by atoms with Crippen LogP contribution in [0.3, 0.4) is 0 Å². The smallest absolute Gasteiger partial charge is 0.273 e. The van der Waals surface area contributed by atoms with Crippen LogP contribution in [0.2, 0.25) is 0 Å². The quantitative estimate of drug-likeness (QED) is 0.543. The van der Waals surface area contributed by atoms with Crippen LogP contribution in [0.1, 0.15) is 27.5 Å². The average Bonchev–Trinajstić information content (AvgIpc) is 2.75. The fraction of sp³-hybridized carbons (Fsp3) is 0.435. The Kier molecular flexibility index (Phi) is 7.25. The molecule has 8 nitrogen and oxygen atoms in total. The molecule has 2 aromatic rings. The Bertz CT molecular complexity index is 921. The van der Waals surface area contributed by atoms with Gasteiger partial charge < -0.3 is 15.1 Å². The van der Waals surface area contributed by atoms with Gasteiger partial charge in [-0.05, 0) is 37.7 Å². The summed E-state index contributed by atoms with van der Waals surface area (Å²) in [5, 5.41) is 14.2. The van der Waals surface area contributed by atoms with E-state index in [1.807, 2.05) is 14.1 Å². The minimum atomic E-state index is -0.453. The molecule has 0 aliphatic carbocycles. The van der Waals surface area contributed by atoms with Gasteiger partial charge in [-0.1, -0.05) is 18.2 Å². The molecule has 1 saturated heterocycles. The molecule has 1 N–H and O–H groups in total. The second-order valence-electron chi connectivity index (χ2n) is 8.26. The highest BCUT2D eigenvalue weighted by atomic mass is 16.6. The number of nitrogens with zero attached hydrogens (tertiary/aromatic N) is 4. The Balaban J connectivity index is 1.79. The van der Waals surface area contributed by atoms with Gasteiger partial charge in [0.05, 0.1) is 11.0 Å². The SMILES string of the molecule is Cc1c(C(=O)NC[C@@H](c2ccc(N(C)C)cc2)N2CCN(C)CC2)cccc1[N+](=O)[O-]. The van der Waals surface area contributed by atoms with Gasteiger partial charge in [-0.2, -0.15) is 0 Å². The van der Waals surface area contributed by atoms with Crippen LogP contribution in [0.5, 0.6) is 0 Å². The molecule has 0 unspecified atom stereocenters. The number of anilines is 1. The van der Waals surface area contributed by atoms with Crippen LogP contribution in [0.4, 0.5) is 11.4 Å². The zero-order chi connectivity index (χ0) is 22.5. The molecule has 3 rings (SSSR count). The molecular weight excluding hydrogens is 394 g/mol. The Labute approximate surface area is 183 Å². The molecule has 2 aromatic carbocycles. The Morgan fingerprint density at radius 2 is 1.77 bits per heavy atom. The van der Waals surface area contributed by atoms with Crippen molar-refractivity contribution in [3.05, 3.63) is 69.3 Å². The summed E-state index contributed by atoms with van der Waals surface area (Å²) in [7, 11) is 6.13. The molecule has 166 valence electrons. The molecule has 31 heavy (non-hydrogen) atoms. The van der Waals surface area contributed by atoms with E-state index in [0.29, 0.717) is 17.7 Å². The van der Waals surface area contributed by atoms with E-state index in [0.717, 1.165) is 37.4 Å². The highest BCUT2D eigenvalue weighted by Crippen LogP contribution is 2.25. The van der Waals surface area contributed by atoms with Crippen molar-refractivity contribution in [2.45, 2.75) is 13.0 Å². The highest BCUT2D eigenvalue weighted by Gasteiger charge is 2.25. The van der Waals surface area contributed by atoms with Crippen LogP contribution in [0, 0.1) is 17.0 Å². The van der Waals surface area contributed by atoms with Crippen molar-refractivity contribution in [3.63, 3.8) is 0 Å². The third-order valence-electron chi connectivity index (χ3n) is 5.98. The van der Waals surface area contributed by atoms with Crippen molar-refractivity contribution < 1.29 is 9.72 Å². The van der Waals surface area contributed by atoms with E-state index in [-0.39, 0.29) is 17.6 Å². The summed E-state index contributed by atoms with van der Waals surface area (Å²) in [5.41, 5.74) is 2.96. The summed E-state index contributed by atoms with van der Waals surface area (Å²) in [6.07, 6.45) is 0. The minimum Gasteiger partial charge on any atom is -0.378 e. The van der Waals surface area contributed by atoms with E-state index in [2.05, 4.69) is 51.3 Å². The van der Waals surface area contributed by atoms with Gasteiger partial charge in [-0.15, -0.1) is 0 Å². The van der Waals surface area contributed by atoms with Crippen LogP contribution < -0.4 is 10.2 Å². The molecule has 1 aliphatic heterocycles. The van der Waals surface area contributed by atoms with Gasteiger partial charge in [-0.25, -0.2) is 0 Å². The van der Waals surface area contributed by atoms with Crippen molar-refractivity contribution >= 4 is 17.3 Å². The first-order valence-corrected chi connectivity index (χ1v) is 10.5. The summed E-state index contributed by atoms with van der Waals surface area (Å²) < 4.78 is 0. The molecule has 0 spiro atoms. The van der Waals surface area contributed by atoms with E-state index in [1.54, 1.807) is 19.1 Å². The largest absolute Gasteiger partial charge is 0.378 e. The van der Waals surface area contributed by atoms with E-state index >= 15 is 0 Å². The van der Waals surface area contributed by atoms with Crippen LogP contribution in [-0.4, -0.2) is 74.5 Å². The van der Waals surface area contributed by atoms with Gasteiger partial charge >= 0.3 is 0 Å². The first kappa shape index (κ1) is 22.7. The number of likely N-dealkylation sites (N-methyl/N-ethyl adjacent to an activating group) is 1. The predicted molar refractivity (Wildman–Crippen MR) is 123 cm³/mol. The zero-order valence-corrected chi connectivity index (χ0v) is 18.7. The average molecular weight is 426 g/mol. The Morgan fingerprint density at radius 1 is 1.13 bits per heavy atom. The van der Waals surface area contributed by atoms with Gasteiger partial charge in [-0.3, -0.25) is 19.8 Å². The summed E-state index contributed by atoms with van der Waals surface area (Å²) in [6.45, 7) is 5.84. The molecule has 0 bridgehead atoms. The second-order valence-corrected chi connectivity index (χ2v) is 8.26. The number of carbonyl (C=O) groups is 1. The molecule has 1 heterocycles. The van der Waals surface area contributed by atoms with Gasteiger partial charge in [0.15, 0.2) is 0 Å². The van der Waals surface area contributed by atoms with E-state index in [4.69, 9.17) is 0 Å². The van der Waals surface area contributed by atoms with E-state index < -0.39 is 4.92 Å². The number of piperazine rings is 1. The predicted octanol–water partition coefficient (Wildman–Crippen LogP) is 2.69. The maximum Gasteiger partial charge on any atom is 0.273 e. The number of carbonyl (C=O) groups excluding carboxylic acids is 1. The second kappa shape index (κ2) is 9.89. The lowest BCUT2D eigenvalue weighted by Crippen LogP contribution is -2.48. The zero-order valence-electron chi connectivity index (χ0n) is 18.7.